The van der Waals surface area contributed by atoms with Crippen LogP contribution in [0.3, 0.4) is 0 Å². The molecule has 0 heterocycles. The Morgan fingerprint density at radius 1 is 1.17 bits per heavy atom. The monoisotopic (exact) mass is 339 g/mol. The van der Waals surface area contributed by atoms with Crippen LogP contribution in [-0.2, 0) is 14.3 Å². The summed E-state index contributed by atoms with van der Waals surface area (Å²) in [5, 5.41) is 2.82. The first-order valence-electron chi connectivity index (χ1n) is 7.68. The van der Waals surface area contributed by atoms with Gasteiger partial charge in [0.1, 0.15) is 5.75 Å². The molecule has 0 saturated heterocycles. The van der Waals surface area contributed by atoms with E-state index in [-0.39, 0.29) is 23.8 Å². The van der Waals surface area contributed by atoms with Crippen LogP contribution in [0.1, 0.15) is 34.1 Å². The third kappa shape index (κ3) is 7.93. The van der Waals surface area contributed by atoms with E-state index in [0.29, 0.717) is 6.61 Å². The van der Waals surface area contributed by atoms with Crippen LogP contribution in [0.4, 0.5) is 0 Å². The fourth-order valence-electron chi connectivity index (χ4n) is 1.63. The Morgan fingerprint density at radius 3 is 2.39 bits per heavy atom. The zero-order valence-corrected chi connectivity index (χ0v) is 15.0. The Hall–Kier alpha value is -1.69. The number of carbonyl (C=O) groups excluding carboxylic acids is 2. The number of amides is 1. The molecule has 1 rings (SSSR count). The van der Waals surface area contributed by atoms with Crippen molar-refractivity contribution in [3.05, 3.63) is 24.3 Å². The zero-order valence-electron chi connectivity index (χ0n) is 14.2. The molecular weight excluding hydrogens is 314 g/mol. The Bertz CT molecular complexity index is 514. The van der Waals surface area contributed by atoms with Gasteiger partial charge in [-0.3, -0.25) is 9.59 Å². The Kier molecular flexibility index (Phi) is 7.95. The number of carbonyl (C=O) groups is 2. The second kappa shape index (κ2) is 9.45. The Morgan fingerprint density at radius 2 is 1.83 bits per heavy atom. The third-order valence-corrected chi connectivity index (χ3v) is 4.20. The van der Waals surface area contributed by atoms with E-state index in [0.717, 1.165) is 17.1 Å². The van der Waals surface area contributed by atoms with Gasteiger partial charge in [0.05, 0.1) is 12.4 Å². The molecule has 1 N–H and O–H groups in total. The van der Waals surface area contributed by atoms with Gasteiger partial charge in [0.25, 0.3) is 5.91 Å². The molecule has 0 aliphatic carbocycles. The molecule has 0 atom stereocenters. The summed E-state index contributed by atoms with van der Waals surface area (Å²) in [7, 11) is 0. The van der Waals surface area contributed by atoms with Crippen LogP contribution < -0.4 is 10.1 Å². The fraction of sp³-hybridized carbons (Fsp3) is 0.529. The highest BCUT2D eigenvalue weighted by atomic mass is 32.2. The summed E-state index contributed by atoms with van der Waals surface area (Å²) in [5.74, 6) is 0.276. The van der Waals surface area contributed by atoms with Crippen molar-refractivity contribution in [3.63, 3.8) is 0 Å². The van der Waals surface area contributed by atoms with Crippen LogP contribution in [-0.4, -0.2) is 36.4 Å². The first kappa shape index (κ1) is 19.4. The van der Waals surface area contributed by atoms with Crippen molar-refractivity contribution < 1.29 is 19.1 Å². The van der Waals surface area contributed by atoms with Crippen LogP contribution in [0, 0.1) is 0 Å². The van der Waals surface area contributed by atoms with E-state index in [9.17, 15) is 9.59 Å². The minimum Gasteiger partial charge on any atom is -0.494 e. The predicted octanol–water partition coefficient (Wildman–Crippen LogP) is 3.03. The number of thioether (sulfide) groups is 1. The molecule has 0 aliphatic heterocycles. The van der Waals surface area contributed by atoms with Crippen LogP contribution >= 0.6 is 11.8 Å². The molecule has 0 bridgehead atoms. The first-order chi connectivity index (χ1) is 10.9. The molecule has 1 aromatic rings. The summed E-state index contributed by atoms with van der Waals surface area (Å²) in [6.07, 6.45) is 0.806. The maximum absolute atomic E-state index is 11.7. The van der Waals surface area contributed by atoms with Gasteiger partial charge in [-0.2, -0.15) is 0 Å². The minimum atomic E-state index is -0.409. The molecule has 0 unspecified atom stereocenters. The Labute approximate surface area is 142 Å². The number of ether oxygens (including phenoxy) is 2. The standard InChI is InChI=1S/C17H25NO4S/c1-5-17(3,4)18-15(19)11-22-16(20)12-23-14-9-7-13(8-10-14)21-6-2/h7-10H,5-6,11-12H2,1-4H3,(H,18,19). The topological polar surface area (TPSA) is 64.6 Å². The van der Waals surface area contributed by atoms with Gasteiger partial charge in [-0.1, -0.05) is 6.92 Å². The van der Waals surface area contributed by atoms with E-state index in [4.69, 9.17) is 9.47 Å². The molecule has 5 nitrogen and oxygen atoms in total. The number of nitrogens with one attached hydrogen (secondary N) is 1. The van der Waals surface area contributed by atoms with E-state index in [2.05, 4.69) is 5.32 Å². The quantitative estimate of drug-likeness (QED) is 0.553. The molecule has 0 radical (unpaired) electrons. The number of hydrogen-bond donors (Lipinski definition) is 1. The zero-order chi connectivity index (χ0) is 17.3. The summed E-state index contributed by atoms with van der Waals surface area (Å²) < 4.78 is 10.3. The van der Waals surface area contributed by atoms with E-state index >= 15 is 0 Å². The third-order valence-electron chi connectivity index (χ3n) is 3.22. The number of hydrogen-bond acceptors (Lipinski definition) is 5. The van der Waals surface area contributed by atoms with Crippen LogP contribution in [0.2, 0.25) is 0 Å². The lowest BCUT2D eigenvalue weighted by atomic mass is 10.0. The lowest BCUT2D eigenvalue weighted by Gasteiger charge is -2.24. The maximum Gasteiger partial charge on any atom is 0.316 e. The molecular formula is C17H25NO4S. The van der Waals surface area contributed by atoms with E-state index in [1.54, 1.807) is 0 Å². The smallest absolute Gasteiger partial charge is 0.316 e. The average molecular weight is 339 g/mol. The van der Waals surface area contributed by atoms with Crippen molar-refractivity contribution in [1.82, 2.24) is 5.32 Å². The van der Waals surface area contributed by atoms with Gasteiger partial charge in [0.15, 0.2) is 6.61 Å². The van der Waals surface area contributed by atoms with E-state index in [1.807, 2.05) is 52.0 Å². The molecule has 0 saturated carbocycles. The average Bonchev–Trinajstić information content (AvgIpc) is 2.52. The van der Waals surface area contributed by atoms with Crippen molar-refractivity contribution in [2.75, 3.05) is 19.0 Å². The SMILES string of the molecule is CCOc1ccc(SCC(=O)OCC(=O)NC(C)(C)CC)cc1. The van der Waals surface area contributed by atoms with E-state index < -0.39 is 5.97 Å². The first-order valence-corrected chi connectivity index (χ1v) is 8.67. The number of esters is 1. The summed E-state index contributed by atoms with van der Waals surface area (Å²) in [4.78, 5) is 24.3. The molecule has 1 amide bonds. The van der Waals surface area contributed by atoms with Gasteiger partial charge in [-0.25, -0.2) is 0 Å². The molecule has 1 aromatic carbocycles. The van der Waals surface area contributed by atoms with Crippen molar-refractivity contribution in [1.29, 1.82) is 0 Å². The molecule has 23 heavy (non-hydrogen) atoms. The summed E-state index contributed by atoms with van der Waals surface area (Å²) in [6, 6.07) is 7.49. The lowest BCUT2D eigenvalue weighted by Crippen LogP contribution is -2.44. The maximum atomic E-state index is 11.7. The van der Waals surface area contributed by atoms with Gasteiger partial charge < -0.3 is 14.8 Å². The Balaban J connectivity index is 2.30. The molecule has 6 heteroatoms. The lowest BCUT2D eigenvalue weighted by molar-refractivity contribution is -0.146. The summed E-state index contributed by atoms with van der Waals surface area (Å²) >= 11 is 1.36. The van der Waals surface area contributed by atoms with Gasteiger partial charge in [-0.05, 0) is 51.5 Å². The van der Waals surface area contributed by atoms with Crippen LogP contribution in [0.5, 0.6) is 5.75 Å². The molecule has 128 valence electrons. The highest BCUT2D eigenvalue weighted by Gasteiger charge is 2.18. The van der Waals surface area contributed by atoms with Gasteiger partial charge in [0.2, 0.25) is 0 Å². The highest BCUT2D eigenvalue weighted by Crippen LogP contribution is 2.21. The molecule has 0 fully saturated rings. The second-order valence-corrected chi connectivity index (χ2v) is 6.69. The molecule has 0 aromatic heterocycles. The van der Waals surface area contributed by atoms with Crippen LogP contribution in [0.25, 0.3) is 0 Å². The second-order valence-electron chi connectivity index (χ2n) is 5.64. The predicted molar refractivity (Wildman–Crippen MR) is 91.8 cm³/mol. The van der Waals surface area contributed by atoms with Crippen molar-refractivity contribution in [3.8, 4) is 5.75 Å². The summed E-state index contributed by atoms with van der Waals surface area (Å²) in [5.41, 5.74) is -0.291. The van der Waals surface area contributed by atoms with Gasteiger partial charge >= 0.3 is 5.97 Å². The fourth-order valence-corrected chi connectivity index (χ4v) is 2.33. The number of rotatable bonds is 9. The van der Waals surface area contributed by atoms with Crippen molar-refractivity contribution in [2.24, 2.45) is 0 Å². The summed E-state index contributed by atoms with van der Waals surface area (Å²) in [6.45, 7) is 8.14. The molecule has 0 aliphatic rings. The largest absolute Gasteiger partial charge is 0.494 e. The van der Waals surface area contributed by atoms with Gasteiger partial charge in [-0.15, -0.1) is 11.8 Å². The van der Waals surface area contributed by atoms with Crippen LogP contribution in [0.15, 0.2) is 29.2 Å². The van der Waals surface area contributed by atoms with Crippen molar-refractivity contribution >= 4 is 23.6 Å². The number of benzene rings is 1. The van der Waals surface area contributed by atoms with Crippen molar-refractivity contribution in [2.45, 2.75) is 44.6 Å². The van der Waals surface area contributed by atoms with Gasteiger partial charge in [0, 0.05) is 10.4 Å². The van der Waals surface area contributed by atoms with E-state index in [1.165, 1.54) is 11.8 Å². The molecule has 0 spiro atoms. The highest BCUT2D eigenvalue weighted by molar-refractivity contribution is 8.00. The minimum absolute atomic E-state index is 0.165. The normalized spacial score (nSPS) is 11.0.